The molecule has 0 aliphatic rings. The summed E-state index contributed by atoms with van der Waals surface area (Å²) >= 11 is 3.67. The molecule has 1 nitrogen and oxygen atoms in total. The van der Waals surface area contributed by atoms with Crippen LogP contribution in [0.1, 0.15) is 42.9 Å². The molecule has 90 valence electrons. The van der Waals surface area contributed by atoms with Gasteiger partial charge in [0.2, 0.25) is 0 Å². The maximum atomic E-state index is 5.63. The molecule has 0 bridgehead atoms. The molecule has 0 aliphatic carbocycles. The zero-order valence-electron chi connectivity index (χ0n) is 10.7. The second kappa shape index (κ2) is 5.83. The minimum absolute atomic E-state index is 0.553. The lowest BCUT2D eigenvalue weighted by atomic mass is 9.85. The quantitative estimate of drug-likeness (QED) is 0.883. The van der Waals surface area contributed by atoms with Gasteiger partial charge in [0.05, 0.1) is 0 Å². The minimum atomic E-state index is 0.553. The predicted octanol–water partition coefficient (Wildman–Crippen LogP) is 4.15. The second-order valence-corrected chi connectivity index (χ2v) is 5.66. The molecule has 16 heavy (non-hydrogen) atoms. The third-order valence-electron chi connectivity index (χ3n) is 3.58. The molecule has 2 unspecified atom stereocenters. The van der Waals surface area contributed by atoms with Crippen molar-refractivity contribution in [3.63, 3.8) is 0 Å². The number of hydrogen-bond acceptors (Lipinski definition) is 1. The molecular formula is C14H22BrN. The zero-order valence-corrected chi connectivity index (χ0v) is 12.3. The van der Waals surface area contributed by atoms with Gasteiger partial charge in [-0.2, -0.15) is 0 Å². The standard InChI is InChI=1S/C14H22BrN/c1-9(5-6-16)12(4)13-7-10(2)11(3)8-14(13)15/h7-9,12H,5-6,16H2,1-4H3. The van der Waals surface area contributed by atoms with Gasteiger partial charge in [-0.25, -0.2) is 0 Å². The smallest absolute Gasteiger partial charge is 0.0212 e. The minimum Gasteiger partial charge on any atom is -0.330 e. The van der Waals surface area contributed by atoms with Gasteiger partial charge in [0, 0.05) is 4.47 Å². The van der Waals surface area contributed by atoms with Gasteiger partial charge in [-0.3, -0.25) is 0 Å². The molecule has 2 N–H and O–H groups in total. The first-order chi connectivity index (χ1) is 7.47. The average Bonchev–Trinajstić information content (AvgIpc) is 2.23. The third kappa shape index (κ3) is 3.08. The topological polar surface area (TPSA) is 26.0 Å². The Morgan fingerprint density at radius 1 is 1.19 bits per heavy atom. The van der Waals surface area contributed by atoms with Crippen LogP contribution < -0.4 is 5.73 Å². The third-order valence-corrected chi connectivity index (χ3v) is 4.27. The molecule has 1 rings (SSSR count). The lowest BCUT2D eigenvalue weighted by Crippen LogP contribution is -2.12. The zero-order chi connectivity index (χ0) is 12.3. The van der Waals surface area contributed by atoms with Gasteiger partial charge >= 0.3 is 0 Å². The highest BCUT2D eigenvalue weighted by molar-refractivity contribution is 9.10. The summed E-state index contributed by atoms with van der Waals surface area (Å²) in [5.74, 6) is 1.18. The van der Waals surface area contributed by atoms with Crippen LogP contribution in [-0.2, 0) is 0 Å². The van der Waals surface area contributed by atoms with Crippen molar-refractivity contribution >= 4 is 15.9 Å². The van der Waals surface area contributed by atoms with E-state index in [2.05, 4.69) is 55.8 Å². The average molecular weight is 284 g/mol. The van der Waals surface area contributed by atoms with Crippen LogP contribution in [0, 0.1) is 19.8 Å². The SMILES string of the molecule is Cc1cc(Br)c(C(C)C(C)CCN)cc1C. The van der Waals surface area contributed by atoms with Crippen molar-refractivity contribution in [1.82, 2.24) is 0 Å². The maximum absolute atomic E-state index is 5.63. The summed E-state index contributed by atoms with van der Waals surface area (Å²) in [6.07, 6.45) is 1.08. The van der Waals surface area contributed by atoms with Gasteiger partial charge in [0.25, 0.3) is 0 Å². The summed E-state index contributed by atoms with van der Waals surface area (Å²) in [4.78, 5) is 0. The van der Waals surface area contributed by atoms with Crippen LogP contribution in [0.3, 0.4) is 0 Å². The first kappa shape index (κ1) is 13.7. The molecular weight excluding hydrogens is 262 g/mol. The molecule has 0 saturated heterocycles. The Balaban J connectivity index is 2.99. The van der Waals surface area contributed by atoms with E-state index in [-0.39, 0.29) is 0 Å². The van der Waals surface area contributed by atoms with Crippen molar-refractivity contribution in [3.05, 3.63) is 33.3 Å². The van der Waals surface area contributed by atoms with Crippen LogP contribution >= 0.6 is 15.9 Å². The molecule has 2 heteroatoms. The van der Waals surface area contributed by atoms with E-state index < -0.39 is 0 Å². The van der Waals surface area contributed by atoms with E-state index in [4.69, 9.17) is 5.73 Å². The molecule has 0 aliphatic heterocycles. The van der Waals surface area contributed by atoms with E-state index in [1.807, 2.05) is 0 Å². The normalized spacial score (nSPS) is 14.9. The van der Waals surface area contributed by atoms with Gasteiger partial charge in [-0.05, 0) is 61.4 Å². The molecule has 0 fully saturated rings. The lowest BCUT2D eigenvalue weighted by Gasteiger charge is -2.22. The van der Waals surface area contributed by atoms with Crippen molar-refractivity contribution in [2.75, 3.05) is 6.54 Å². The Kier molecular flexibility index (Phi) is 5.00. The molecule has 0 aromatic heterocycles. The summed E-state index contributed by atoms with van der Waals surface area (Å²) in [6, 6.07) is 4.52. The van der Waals surface area contributed by atoms with Gasteiger partial charge in [0.1, 0.15) is 0 Å². The van der Waals surface area contributed by atoms with Gasteiger partial charge in [-0.15, -0.1) is 0 Å². The van der Waals surface area contributed by atoms with E-state index in [1.165, 1.54) is 21.2 Å². The van der Waals surface area contributed by atoms with E-state index in [0.29, 0.717) is 11.8 Å². The van der Waals surface area contributed by atoms with Crippen molar-refractivity contribution in [2.45, 2.75) is 40.0 Å². The Morgan fingerprint density at radius 3 is 2.31 bits per heavy atom. The molecule has 0 saturated carbocycles. The number of benzene rings is 1. The number of aryl methyl sites for hydroxylation is 2. The van der Waals surface area contributed by atoms with Crippen LogP contribution in [0.15, 0.2) is 16.6 Å². The number of hydrogen-bond donors (Lipinski definition) is 1. The van der Waals surface area contributed by atoms with Gasteiger partial charge in [-0.1, -0.05) is 35.8 Å². The summed E-state index contributed by atoms with van der Waals surface area (Å²) in [5.41, 5.74) is 9.74. The van der Waals surface area contributed by atoms with Crippen LogP contribution in [0.2, 0.25) is 0 Å². The fourth-order valence-corrected chi connectivity index (χ4v) is 2.79. The van der Waals surface area contributed by atoms with E-state index in [1.54, 1.807) is 0 Å². The molecule has 0 amide bonds. The second-order valence-electron chi connectivity index (χ2n) is 4.80. The Hall–Kier alpha value is -0.340. The largest absolute Gasteiger partial charge is 0.330 e. The van der Waals surface area contributed by atoms with Crippen molar-refractivity contribution < 1.29 is 0 Å². The molecule has 1 aromatic rings. The molecule has 1 aromatic carbocycles. The van der Waals surface area contributed by atoms with Crippen molar-refractivity contribution in [2.24, 2.45) is 11.7 Å². The van der Waals surface area contributed by atoms with E-state index >= 15 is 0 Å². The Morgan fingerprint density at radius 2 is 1.75 bits per heavy atom. The first-order valence-corrected chi connectivity index (χ1v) is 6.73. The molecule has 0 spiro atoms. The fourth-order valence-electron chi connectivity index (χ4n) is 1.97. The number of nitrogens with two attached hydrogens (primary N) is 1. The van der Waals surface area contributed by atoms with Crippen LogP contribution in [0.5, 0.6) is 0 Å². The highest BCUT2D eigenvalue weighted by Crippen LogP contribution is 2.33. The van der Waals surface area contributed by atoms with E-state index in [9.17, 15) is 0 Å². The summed E-state index contributed by atoms with van der Waals surface area (Å²) in [7, 11) is 0. The maximum Gasteiger partial charge on any atom is 0.0212 e. The number of rotatable bonds is 4. The highest BCUT2D eigenvalue weighted by Gasteiger charge is 2.16. The highest BCUT2D eigenvalue weighted by atomic mass is 79.9. The van der Waals surface area contributed by atoms with Crippen LogP contribution in [-0.4, -0.2) is 6.54 Å². The summed E-state index contributed by atoms with van der Waals surface area (Å²) in [6.45, 7) is 9.66. The van der Waals surface area contributed by atoms with Crippen molar-refractivity contribution in [3.8, 4) is 0 Å². The Labute approximate surface area is 108 Å². The first-order valence-electron chi connectivity index (χ1n) is 5.94. The summed E-state index contributed by atoms with van der Waals surface area (Å²) < 4.78 is 1.23. The van der Waals surface area contributed by atoms with Crippen LogP contribution in [0.25, 0.3) is 0 Å². The number of halogens is 1. The monoisotopic (exact) mass is 283 g/mol. The predicted molar refractivity (Wildman–Crippen MR) is 74.9 cm³/mol. The van der Waals surface area contributed by atoms with E-state index in [0.717, 1.165) is 13.0 Å². The van der Waals surface area contributed by atoms with Crippen molar-refractivity contribution in [1.29, 1.82) is 0 Å². The summed E-state index contributed by atoms with van der Waals surface area (Å²) in [5, 5.41) is 0. The van der Waals surface area contributed by atoms with Gasteiger partial charge < -0.3 is 5.73 Å². The van der Waals surface area contributed by atoms with Crippen LogP contribution in [0.4, 0.5) is 0 Å². The fraction of sp³-hybridized carbons (Fsp3) is 0.571. The molecule has 0 radical (unpaired) electrons. The Bertz CT molecular complexity index is 360. The molecule has 0 heterocycles. The lowest BCUT2D eigenvalue weighted by molar-refractivity contribution is 0.458. The molecule has 2 atom stereocenters. The van der Waals surface area contributed by atoms with Gasteiger partial charge in [0.15, 0.2) is 0 Å².